The molecule has 0 aliphatic carbocycles. The van der Waals surface area contributed by atoms with Gasteiger partial charge in [0.05, 0.1) is 18.8 Å². The Kier molecular flexibility index (Phi) is 7.95. The van der Waals surface area contributed by atoms with E-state index < -0.39 is 0 Å². The second kappa shape index (κ2) is 10.7. The summed E-state index contributed by atoms with van der Waals surface area (Å²) in [6, 6.07) is 14.2. The van der Waals surface area contributed by atoms with Crippen LogP contribution in [-0.4, -0.2) is 72.8 Å². The minimum Gasteiger partial charge on any atom is -0.339 e. The maximum atomic E-state index is 13.8. The van der Waals surface area contributed by atoms with E-state index in [1.165, 1.54) is 6.07 Å². The zero-order chi connectivity index (χ0) is 21.5. The summed E-state index contributed by atoms with van der Waals surface area (Å²) in [5, 5.41) is 2.84. The van der Waals surface area contributed by atoms with Crippen LogP contribution in [-0.2, 0) is 16.1 Å². The van der Waals surface area contributed by atoms with Crippen LogP contribution in [0.5, 0.6) is 0 Å². The van der Waals surface area contributed by atoms with Crippen LogP contribution in [0.3, 0.4) is 0 Å². The fraction of sp³-hybridized carbons (Fsp3) is 0.364. The van der Waals surface area contributed by atoms with Gasteiger partial charge in [0.2, 0.25) is 11.8 Å². The standard InChI is InChI=1S/C22H26BrFN4O2/c1-26(15-21(29)25-20-9-5-3-7-18(20)23)16-22(30)28-12-10-27(11-13-28)14-17-6-2-4-8-19(17)24/h2-9H,10-16H2,1H3,(H,25,29). The van der Waals surface area contributed by atoms with Crippen LogP contribution in [0.25, 0.3) is 0 Å². The van der Waals surface area contributed by atoms with Crippen molar-refractivity contribution in [1.82, 2.24) is 14.7 Å². The first-order valence-corrected chi connectivity index (χ1v) is 10.7. The van der Waals surface area contributed by atoms with Crippen LogP contribution >= 0.6 is 15.9 Å². The maximum absolute atomic E-state index is 13.8. The van der Waals surface area contributed by atoms with E-state index in [0.29, 0.717) is 44.0 Å². The van der Waals surface area contributed by atoms with E-state index in [0.717, 1.165) is 4.47 Å². The van der Waals surface area contributed by atoms with E-state index in [4.69, 9.17) is 0 Å². The normalized spacial score (nSPS) is 14.7. The van der Waals surface area contributed by atoms with Gasteiger partial charge in [-0.1, -0.05) is 30.3 Å². The molecule has 0 atom stereocenters. The van der Waals surface area contributed by atoms with Gasteiger partial charge >= 0.3 is 0 Å². The number of nitrogens with one attached hydrogen (secondary N) is 1. The first-order valence-electron chi connectivity index (χ1n) is 9.89. The number of piperazine rings is 1. The molecule has 1 heterocycles. The predicted molar refractivity (Wildman–Crippen MR) is 119 cm³/mol. The van der Waals surface area contributed by atoms with E-state index in [-0.39, 0.29) is 30.7 Å². The van der Waals surface area contributed by atoms with Gasteiger partial charge in [0, 0.05) is 42.8 Å². The zero-order valence-electron chi connectivity index (χ0n) is 17.0. The first-order chi connectivity index (χ1) is 14.4. The molecule has 1 aliphatic rings. The molecular formula is C22H26BrFN4O2. The second-order valence-corrected chi connectivity index (χ2v) is 8.30. The quantitative estimate of drug-likeness (QED) is 0.667. The molecule has 2 aromatic carbocycles. The molecule has 1 aliphatic heterocycles. The van der Waals surface area contributed by atoms with Crippen LogP contribution < -0.4 is 5.32 Å². The number of likely N-dealkylation sites (N-methyl/N-ethyl adjacent to an activating group) is 1. The van der Waals surface area contributed by atoms with Gasteiger partial charge in [0.1, 0.15) is 5.82 Å². The van der Waals surface area contributed by atoms with Crippen molar-refractivity contribution in [2.24, 2.45) is 0 Å². The van der Waals surface area contributed by atoms with Crippen molar-refractivity contribution in [1.29, 1.82) is 0 Å². The molecule has 2 aromatic rings. The van der Waals surface area contributed by atoms with Gasteiger partial charge in [-0.15, -0.1) is 0 Å². The lowest BCUT2D eigenvalue weighted by molar-refractivity contribution is -0.134. The highest BCUT2D eigenvalue weighted by atomic mass is 79.9. The van der Waals surface area contributed by atoms with Gasteiger partial charge in [-0.25, -0.2) is 4.39 Å². The van der Waals surface area contributed by atoms with Gasteiger partial charge in [0.25, 0.3) is 0 Å². The first kappa shape index (κ1) is 22.4. The topological polar surface area (TPSA) is 55.9 Å². The molecule has 0 aromatic heterocycles. The van der Waals surface area contributed by atoms with Crippen molar-refractivity contribution in [3.8, 4) is 0 Å². The molecule has 0 radical (unpaired) electrons. The van der Waals surface area contributed by atoms with Crippen molar-refractivity contribution >= 4 is 33.4 Å². The third-order valence-corrected chi connectivity index (χ3v) is 5.73. The number of carbonyl (C=O) groups excluding carboxylic acids is 2. The molecule has 0 bridgehead atoms. The molecule has 1 saturated heterocycles. The van der Waals surface area contributed by atoms with Gasteiger partial charge < -0.3 is 10.2 Å². The molecule has 8 heteroatoms. The van der Waals surface area contributed by atoms with Crippen LogP contribution in [0, 0.1) is 5.82 Å². The van der Waals surface area contributed by atoms with Crippen LogP contribution in [0.15, 0.2) is 53.0 Å². The smallest absolute Gasteiger partial charge is 0.238 e. The summed E-state index contributed by atoms with van der Waals surface area (Å²) in [5.74, 6) is -0.373. The monoisotopic (exact) mass is 476 g/mol. The predicted octanol–water partition coefficient (Wildman–Crippen LogP) is 2.80. The number of hydrogen-bond donors (Lipinski definition) is 1. The lowest BCUT2D eigenvalue weighted by Crippen LogP contribution is -2.51. The third kappa shape index (κ3) is 6.35. The summed E-state index contributed by atoms with van der Waals surface area (Å²) >= 11 is 3.40. The fourth-order valence-corrected chi connectivity index (χ4v) is 3.79. The molecule has 2 amide bonds. The molecule has 0 saturated carbocycles. The summed E-state index contributed by atoms with van der Waals surface area (Å²) in [5.41, 5.74) is 1.38. The Bertz CT molecular complexity index is 887. The van der Waals surface area contributed by atoms with Crippen molar-refractivity contribution < 1.29 is 14.0 Å². The highest BCUT2D eigenvalue weighted by Gasteiger charge is 2.23. The maximum Gasteiger partial charge on any atom is 0.238 e. The number of amides is 2. The van der Waals surface area contributed by atoms with Gasteiger partial charge in [0.15, 0.2) is 0 Å². The van der Waals surface area contributed by atoms with Gasteiger partial charge in [-0.05, 0) is 41.2 Å². The number of benzene rings is 2. The Morgan fingerprint density at radius 3 is 2.40 bits per heavy atom. The van der Waals surface area contributed by atoms with Gasteiger partial charge in [-0.2, -0.15) is 0 Å². The minimum absolute atomic E-state index is 0.00302. The van der Waals surface area contributed by atoms with E-state index in [1.807, 2.05) is 30.3 Å². The van der Waals surface area contributed by atoms with Crippen molar-refractivity contribution in [3.63, 3.8) is 0 Å². The summed E-state index contributed by atoms with van der Waals surface area (Å²) in [6.07, 6.45) is 0. The summed E-state index contributed by atoms with van der Waals surface area (Å²) in [4.78, 5) is 30.5. The molecule has 6 nitrogen and oxygen atoms in total. The second-order valence-electron chi connectivity index (χ2n) is 7.45. The lowest BCUT2D eigenvalue weighted by atomic mass is 10.2. The van der Waals surface area contributed by atoms with E-state index in [2.05, 4.69) is 26.1 Å². The molecule has 30 heavy (non-hydrogen) atoms. The average Bonchev–Trinajstić information content (AvgIpc) is 2.72. The average molecular weight is 477 g/mol. The molecule has 0 spiro atoms. The van der Waals surface area contributed by atoms with Crippen molar-refractivity contribution in [2.45, 2.75) is 6.54 Å². The molecule has 1 fully saturated rings. The van der Waals surface area contributed by atoms with E-state index in [1.54, 1.807) is 29.0 Å². The van der Waals surface area contributed by atoms with Crippen LogP contribution in [0.1, 0.15) is 5.56 Å². The minimum atomic E-state index is -0.196. The highest BCUT2D eigenvalue weighted by molar-refractivity contribution is 9.10. The number of anilines is 1. The van der Waals surface area contributed by atoms with Crippen LogP contribution in [0.4, 0.5) is 10.1 Å². The number of hydrogen-bond acceptors (Lipinski definition) is 4. The Labute approximate surface area is 184 Å². The number of carbonyl (C=O) groups is 2. The molecule has 0 unspecified atom stereocenters. The Morgan fingerprint density at radius 2 is 1.70 bits per heavy atom. The Hall–Kier alpha value is -2.29. The fourth-order valence-electron chi connectivity index (χ4n) is 3.41. The Balaban J connectivity index is 1.41. The number of para-hydroxylation sites is 1. The Morgan fingerprint density at radius 1 is 1.03 bits per heavy atom. The van der Waals surface area contributed by atoms with Crippen molar-refractivity contribution in [2.75, 3.05) is 51.6 Å². The summed E-state index contributed by atoms with van der Waals surface area (Å²) < 4.78 is 14.6. The van der Waals surface area contributed by atoms with Crippen LogP contribution in [0.2, 0.25) is 0 Å². The van der Waals surface area contributed by atoms with Crippen molar-refractivity contribution in [3.05, 3.63) is 64.4 Å². The molecule has 3 rings (SSSR count). The summed E-state index contributed by atoms with van der Waals surface area (Å²) in [7, 11) is 1.76. The summed E-state index contributed by atoms with van der Waals surface area (Å²) in [6.45, 7) is 3.45. The number of nitrogens with zero attached hydrogens (tertiary/aromatic N) is 3. The lowest BCUT2D eigenvalue weighted by Gasteiger charge is -2.35. The molecule has 1 N–H and O–H groups in total. The van der Waals surface area contributed by atoms with E-state index >= 15 is 0 Å². The zero-order valence-corrected chi connectivity index (χ0v) is 18.6. The largest absolute Gasteiger partial charge is 0.339 e. The van der Waals surface area contributed by atoms with Gasteiger partial charge in [-0.3, -0.25) is 19.4 Å². The SMILES string of the molecule is CN(CC(=O)Nc1ccccc1Br)CC(=O)N1CCN(Cc2ccccc2F)CC1. The number of halogens is 2. The number of rotatable bonds is 7. The third-order valence-electron chi connectivity index (χ3n) is 5.04. The van der Waals surface area contributed by atoms with E-state index in [9.17, 15) is 14.0 Å². The molecule has 160 valence electrons. The molecular weight excluding hydrogens is 451 g/mol. The highest BCUT2D eigenvalue weighted by Crippen LogP contribution is 2.21.